The van der Waals surface area contributed by atoms with Gasteiger partial charge in [0.2, 0.25) is 0 Å². The van der Waals surface area contributed by atoms with Gasteiger partial charge < -0.3 is 10.8 Å². The first-order valence-corrected chi connectivity index (χ1v) is 3.96. The van der Waals surface area contributed by atoms with Crippen LogP contribution in [0.25, 0.3) is 0 Å². The molecule has 1 atom stereocenters. The van der Waals surface area contributed by atoms with Gasteiger partial charge in [0.25, 0.3) is 0 Å². The van der Waals surface area contributed by atoms with Crippen molar-refractivity contribution in [2.24, 2.45) is 5.73 Å². The molecule has 0 saturated heterocycles. The number of nitrogens with two attached hydrogens (primary N) is 1. The van der Waals surface area contributed by atoms with Gasteiger partial charge in [-0.05, 0) is 19.1 Å². The van der Waals surface area contributed by atoms with Gasteiger partial charge in [-0.25, -0.2) is 4.79 Å². The van der Waals surface area contributed by atoms with Crippen LogP contribution in [-0.2, 0) is 10.3 Å². The summed E-state index contributed by atoms with van der Waals surface area (Å²) in [5.74, 6) is -1.12. The minimum Gasteiger partial charge on any atom is -0.480 e. The van der Waals surface area contributed by atoms with Gasteiger partial charge >= 0.3 is 5.97 Å². The van der Waals surface area contributed by atoms with Crippen LogP contribution in [0.1, 0.15) is 12.6 Å². The Kier molecular flexibility index (Phi) is 2.54. The summed E-state index contributed by atoms with van der Waals surface area (Å²) in [7, 11) is 0. The number of aliphatic carboxylic acids is 1. The molecule has 0 aromatic carbocycles. The summed E-state index contributed by atoms with van der Waals surface area (Å²) in [6.07, 6.45) is 1.37. The molecule has 0 aliphatic carbocycles. The maximum absolute atomic E-state index is 10.7. The molecule has 0 bridgehead atoms. The fraction of sp³-hybridized carbons (Fsp3) is 0.250. The summed E-state index contributed by atoms with van der Waals surface area (Å²) >= 11 is 5.59. The maximum atomic E-state index is 10.7. The van der Waals surface area contributed by atoms with Crippen LogP contribution in [0.5, 0.6) is 0 Å². The lowest BCUT2D eigenvalue weighted by molar-refractivity contribution is -0.143. The van der Waals surface area contributed by atoms with Crippen LogP contribution in [0, 0.1) is 0 Å². The van der Waals surface area contributed by atoms with E-state index in [1.54, 1.807) is 6.07 Å². The Hall–Kier alpha value is -1.13. The molecule has 0 saturated carbocycles. The van der Waals surface area contributed by atoms with Crippen molar-refractivity contribution in [3.63, 3.8) is 0 Å². The van der Waals surface area contributed by atoms with Crippen LogP contribution in [-0.4, -0.2) is 16.1 Å². The van der Waals surface area contributed by atoms with Crippen molar-refractivity contribution in [2.45, 2.75) is 12.5 Å². The van der Waals surface area contributed by atoms with Gasteiger partial charge in [0.05, 0.1) is 10.7 Å². The normalized spacial score (nSPS) is 15.0. The molecule has 1 heterocycles. The number of halogens is 1. The first-order chi connectivity index (χ1) is 5.94. The number of hydrogen-bond acceptors (Lipinski definition) is 3. The molecule has 5 heteroatoms. The Morgan fingerprint density at radius 3 is 2.69 bits per heavy atom. The molecule has 0 unspecified atom stereocenters. The van der Waals surface area contributed by atoms with E-state index >= 15 is 0 Å². The standard InChI is InChI=1S/C8H9ClN2O2/c1-8(10,7(12)13)6-3-2-5(9)4-11-6/h2-4H,10H2,1H3,(H,12,13)/t8-/m0/s1. The van der Waals surface area contributed by atoms with Crippen molar-refractivity contribution in [1.82, 2.24) is 4.98 Å². The summed E-state index contributed by atoms with van der Waals surface area (Å²) in [6, 6.07) is 3.05. The van der Waals surface area contributed by atoms with Crippen molar-refractivity contribution in [3.05, 3.63) is 29.0 Å². The number of nitrogens with zero attached hydrogens (tertiary/aromatic N) is 1. The lowest BCUT2D eigenvalue weighted by Crippen LogP contribution is -2.42. The monoisotopic (exact) mass is 200 g/mol. The number of carboxylic acid groups (broad SMARTS) is 1. The number of rotatable bonds is 2. The Labute approximate surface area is 80.3 Å². The zero-order valence-electron chi connectivity index (χ0n) is 6.99. The fourth-order valence-electron chi connectivity index (χ4n) is 0.793. The van der Waals surface area contributed by atoms with Crippen molar-refractivity contribution >= 4 is 17.6 Å². The van der Waals surface area contributed by atoms with E-state index in [4.69, 9.17) is 22.4 Å². The SMILES string of the molecule is C[C@@](N)(C(=O)O)c1ccc(Cl)cn1. The van der Waals surface area contributed by atoms with Gasteiger partial charge in [-0.2, -0.15) is 0 Å². The fourth-order valence-corrected chi connectivity index (χ4v) is 0.904. The first-order valence-electron chi connectivity index (χ1n) is 3.59. The number of carbonyl (C=O) groups is 1. The second-order valence-corrected chi connectivity index (χ2v) is 3.31. The minimum absolute atomic E-state index is 0.282. The second-order valence-electron chi connectivity index (χ2n) is 2.87. The number of aromatic nitrogens is 1. The quantitative estimate of drug-likeness (QED) is 0.747. The molecule has 1 rings (SSSR count). The van der Waals surface area contributed by atoms with Gasteiger partial charge in [-0.3, -0.25) is 4.98 Å². The maximum Gasteiger partial charge on any atom is 0.329 e. The van der Waals surface area contributed by atoms with E-state index in [1.165, 1.54) is 19.2 Å². The van der Waals surface area contributed by atoms with Crippen LogP contribution in [0.3, 0.4) is 0 Å². The summed E-state index contributed by atoms with van der Waals surface area (Å²) < 4.78 is 0. The largest absolute Gasteiger partial charge is 0.480 e. The topological polar surface area (TPSA) is 76.2 Å². The zero-order valence-corrected chi connectivity index (χ0v) is 7.75. The van der Waals surface area contributed by atoms with E-state index in [-0.39, 0.29) is 5.69 Å². The van der Waals surface area contributed by atoms with E-state index < -0.39 is 11.5 Å². The van der Waals surface area contributed by atoms with Crippen molar-refractivity contribution in [2.75, 3.05) is 0 Å². The predicted molar refractivity (Wildman–Crippen MR) is 48.4 cm³/mol. The van der Waals surface area contributed by atoms with E-state index in [0.717, 1.165) is 0 Å². The molecule has 4 nitrogen and oxygen atoms in total. The van der Waals surface area contributed by atoms with Crippen LogP contribution < -0.4 is 5.73 Å². The van der Waals surface area contributed by atoms with E-state index in [1.807, 2.05) is 0 Å². The average molecular weight is 201 g/mol. The summed E-state index contributed by atoms with van der Waals surface area (Å²) in [6.45, 7) is 1.38. The van der Waals surface area contributed by atoms with E-state index in [0.29, 0.717) is 5.02 Å². The molecule has 1 aromatic rings. The molecule has 0 amide bonds. The molecular weight excluding hydrogens is 192 g/mol. The Balaban J connectivity index is 3.08. The molecule has 0 radical (unpaired) electrons. The van der Waals surface area contributed by atoms with Gasteiger partial charge in [0.15, 0.2) is 5.54 Å². The van der Waals surface area contributed by atoms with Crippen molar-refractivity contribution in [3.8, 4) is 0 Å². The molecule has 3 N–H and O–H groups in total. The predicted octanol–water partition coefficient (Wildman–Crippen LogP) is 0.994. The molecule has 0 aliphatic heterocycles. The third-order valence-corrected chi connectivity index (χ3v) is 1.93. The lowest BCUT2D eigenvalue weighted by Gasteiger charge is -2.17. The highest BCUT2D eigenvalue weighted by Gasteiger charge is 2.31. The number of pyridine rings is 1. The Morgan fingerprint density at radius 1 is 1.69 bits per heavy atom. The van der Waals surface area contributed by atoms with E-state index in [9.17, 15) is 4.79 Å². The highest BCUT2D eigenvalue weighted by Crippen LogP contribution is 2.17. The van der Waals surface area contributed by atoms with E-state index in [2.05, 4.69) is 4.98 Å². The molecule has 0 spiro atoms. The summed E-state index contributed by atoms with van der Waals surface area (Å²) in [5, 5.41) is 9.22. The van der Waals surface area contributed by atoms with Gasteiger partial charge in [0, 0.05) is 6.20 Å². The number of hydrogen-bond donors (Lipinski definition) is 2. The smallest absolute Gasteiger partial charge is 0.329 e. The molecule has 0 aliphatic rings. The number of carboxylic acids is 1. The van der Waals surface area contributed by atoms with Crippen LogP contribution in [0.15, 0.2) is 18.3 Å². The van der Waals surface area contributed by atoms with Crippen molar-refractivity contribution < 1.29 is 9.90 Å². The Bertz CT molecular complexity index is 321. The second kappa shape index (κ2) is 3.32. The van der Waals surface area contributed by atoms with Gasteiger partial charge in [0.1, 0.15) is 0 Å². The Morgan fingerprint density at radius 2 is 2.31 bits per heavy atom. The third kappa shape index (κ3) is 1.96. The van der Waals surface area contributed by atoms with Crippen LogP contribution >= 0.6 is 11.6 Å². The lowest BCUT2D eigenvalue weighted by atomic mass is 9.99. The zero-order chi connectivity index (χ0) is 10.1. The van der Waals surface area contributed by atoms with Crippen molar-refractivity contribution in [1.29, 1.82) is 0 Å². The first kappa shape index (κ1) is 9.95. The third-order valence-electron chi connectivity index (χ3n) is 1.70. The van der Waals surface area contributed by atoms with Crippen LogP contribution in [0.2, 0.25) is 5.02 Å². The van der Waals surface area contributed by atoms with Gasteiger partial charge in [-0.1, -0.05) is 11.6 Å². The molecule has 1 aromatic heterocycles. The van der Waals surface area contributed by atoms with Crippen LogP contribution in [0.4, 0.5) is 0 Å². The average Bonchev–Trinajstić information content (AvgIpc) is 2.04. The van der Waals surface area contributed by atoms with Gasteiger partial charge in [-0.15, -0.1) is 0 Å². The summed E-state index contributed by atoms with van der Waals surface area (Å²) in [5.41, 5.74) is 4.34. The molecule has 70 valence electrons. The highest BCUT2D eigenvalue weighted by molar-refractivity contribution is 6.30. The molecule has 0 fully saturated rings. The molecule has 13 heavy (non-hydrogen) atoms. The molecular formula is C8H9ClN2O2. The summed E-state index contributed by atoms with van der Waals surface area (Å²) in [4.78, 5) is 14.5. The highest BCUT2D eigenvalue weighted by atomic mass is 35.5. The minimum atomic E-state index is -1.47.